The lowest BCUT2D eigenvalue weighted by atomic mass is 10.00. The molecule has 0 aliphatic rings. The van der Waals surface area contributed by atoms with Crippen molar-refractivity contribution in [3.8, 4) is 0 Å². The van der Waals surface area contributed by atoms with Crippen LogP contribution in [0.2, 0.25) is 0 Å². The van der Waals surface area contributed by atoms with Crippen LogP contribution in [0.3, 0.4) is 0 Å². The van der Waals surface area contributed by atoms with E-state index in [1.807, 2.05) is 0 Å². The van der Waals surface area contributed by atoms with Gasteiger partial charge in [-0.1, -0.05) is 25.5 Å². The summed E-state index contributed by atoms with van der Waals surface area (Å²) in [6, 6.07) is 4.79. The fraction of sp³-hybridized carbons (Fsp3) is 0.533. The van der Waals surface area contributed by atoms with Gasteiger partial charge in [0.1, 0.15) is 5.82 Å². The van der Waals surface area contributed by atoms with E-state index in [0.717, 1.165) is 12.8 Å². The van der Waals surface area contributed by atoms with Gasteiger partial charge in [0.25, 0.3) is 5.91 Å². The summed E-state index contributed by atoms with van der Waals surface area (Å²) in [7, 11) is 0. The Hall–Kier alpha value is -1.42. The summed E-state index contributed by atoms with van der Waals surface area (Å²) in [5.74, 6) is -0.610. The van der Waals surface area contributed by atoms with Gasteiger partial charge in [-0.3, -0.25) is 4.79 Å². The number of aryl methyl sites for hydroxylation is 1. The second-order valence-electron chi connectivity index (χ2n) is 4.81. The smallest absolute Gasteiger partial charge is 0.254 e. The number of benzene rings is 1. The topological polar surface area (TPSA) is 49.3 Å². The zero-order valence-corrected chi connectivity index (χ0v) is 11.6. The standard InChI is InChI=1S/C15H22FNO2/c1-3-5-12(8-9-18)10-17-15(19)13-7-4-6-11(2)14(13)16/h4,6-7,12,18H,3,5,8-10H2,1-2H3,(H,17,19). The maximum absolute atomic E-state index is 13.8. The van der Waals surface area contributed by atoms with Crippen molar-refractivity contribution in [2.45, 2.75) is 33.1 Å². The zero-order valence-electron chi connectivity index (χ0n) is 11.6. The van der Waals surface area contributed by atoms with E-state index >= 15 is 0 Å². The van der Waals surface area contributed by atoms with E-state index in [4.69, 9.17) is 5.11 Å². The zero-order chi connectivity index (χ0) is 14.3. The highest BCUT2D eigenvalue weighted by Gasteiger charge is 2.14. The summed E-state index contributed by atoms with van der Waals surface area (Å²) in [6.07, 6.45) is 2.60. The van der Waals surface area contributed by atoms with E-state index in [1.165, 1.54) is 6.07 Å². The van der Waals surface area contributed by atoms with Crippen molar-refractivity contribution in [3.05, 3.63) is 35.1 Å². The van der Waals surface area contributed by atoms with Gasteiger partial charge in [-0.15, -0.1) is 0 Å². The molecule has 0 saturated heterocycles. The molecule has 0 fully saturated rings. The first-order valence-electron chi connectivity index (χ1n) is 6.74. The number of aliphatic hydroxyl groups excluding tert-OH is 1. The quantitative estimate of drug-likeness (QED) is 0.798. The first-order chi connectivity index (χ1) is 9.10. The van der Waals surface area contributed by atoms with Crippen LogP contribution in [0, 0.1) is 18.7 Å². The maximum atomic E-state index is 13.8. The van der Waals surface area contributed by atoms with Crippen LogP contribution in [0.5, 0.6) is 0 Å². The molecule has 0 bridgehead atoms. The summed E-state index contributed by atoms with van der Waals surface area (Å²) in [5, 5.41) is 11.7. The van der Waals surface area contributed by atoms with Crippen molar-refractivity contribution >= 4 is 5.91 Å². The molecule has 0 aromatic heterocycles. The Morgan fingerprint density at radius 1 is 1.42 bits per heavy atom. The predicted octanol–water partition coefficient (Wildman–Crippen LogP) is 2.66. The van der Waals surface area contributed by atoms with Crippen LogP contribution in [0.25, 0.3) is 0 Å². The van der Waals surface area contributed by atoms with Crippen molar-refractivity contribution in [1.82, 2.24) is 5.32 Å². The van der Waals surface area contributed by atoms with E-state index in [1.54, 1.807) is 19.1 Å². The molecule has 0 heterocycles. The van der Waals surface area contributed by atoms with Crippen molar-refractivity contribution in [3.63, 3.8) is 0 Å². The van der Waals surface area contributed by atoms with E-state index in [2.05, 4.69) is 12.2 Å². The van der Waals surface area contributed by atoms with Crippen LogP contribution in [0.4, 0.5) is 4.39 Å². The molecule has 1 aromatic carbocycles. The van der Waals surface area contributed by atoms with E-state index in [0.29, 0.717) is 18.5 Å². The molecule has 4 heteroatoms. The lowest BCUT2D eigenvalue weighted by Crippen LogP contribution is -2.30. The average molecular weight is 267 g/mol. The van der Waals surface area contributed by atoms with Crippen molar-refractivity contribution < 1.29 is 14.3 Å². The summed E-state index contributed by atoms with van der Waals surface area (Å²) >= 11 is 0. The molecule has 2 N–H and O–H groups in total. The summed E-state index contributed by atoms with van der Waals surface area (Å²) in [5.41, 5.74) is 0.548. The number of hydrogen-bond donors (Lipinski definition) is 2. The number of hydrogen-bond acceptors (Lipinski definition) is 2. The van der Waals surface area contributed by atoms with E-state index in [-0.39, 0.29) is 24.0 Å². The van der Waals surface area contributed by atoms with E-state index in [9.17, 15) is 9.18 Å². The fourth-order valence-corrected chi connectivity index (χ4v) is 2.09. The van der Waals surface area contributed by atoms with Gasteiger partial charge in [0, 0.05) is 13.2 Å². The number of amides is 1. The SMILES string of the molecule is CCCC(CCO)CNC(=O)c1cccc(C)c1F. The Labute approximate surface area is 113 Å². The number of rotatable bonds is 7. The third-order valence-corrected chi connectivity index (χ3v) is 3.22. The minimum atomic E-state index is -0.464. The molecule has 1 amide bonds. The van der Waals surface area contributed by atoms with Crippen LogP contribution in [0.1, 0.15) is 42.1 Å². The van der Waals surface area contributed by atoms with Gasteiger partial charge in [-0.25, -0.2) is 4.39 Å². The summed E-state index contributed by atoms with van der Waals surface area (Å²) in [6.45, 7) is 4.28. The lowest BCUT2D eigenvalue weighted by molar-refractivity contribution is 0.0938. The van der Waals surface area contributed by atoms with E-state index < -0.39 is 5.82 Å². The molecule has 1 aromatic rings. The predicted molar refractivity (Wildman–Crippen MR) is 73.6 cm³/mol. The largest absolute Gasteiger partial charge is 0.396 e. The van der Waals surface area contributed by atoms with Crippen LogP contribution in [-0.2, 0) is 0 Å². The molecule has 106 valence electrons. The number of carbonyl (C=O) groups is 1. The Bertz CT molecular complexity index is 415. The first-order valence-corrected chi connectivity index (χ1v) is 6.74. The molecule has 1 unspecified atom stereocenters. The maximum Gasteiger partial charge on any atom is 0.254 e. The molecule has 19 heavy (non-hydrogen) atoms. The third kappa shape index (κ3) is 4.63. The Kier molecular flexibility index (Phi) is 6.50. The van der Waals surface area contributed by atoms with Crippen LogP contribution >= 0.6 is 0 Å². The Balaban J connectivity index is 2.61. The Morgan fingerprint density at radius 2 is 2.16 bits per heavy atom. The summed E-state index contributed by atoms with van der Waals surface area (Å²) < 4.78 is 13.8. The summed E-state index contributed by atoms with van der Waals surface area (Å²) in [4.78, 5) is 11.9. The number of halogens is 1. The van der Waals surface area contributed by atoms with Crippen molar-refractivity contribution in [2.24, 2.45) is 5.92 Å². The minimum Gasteiger partial charge on any atom is -0.396 e. The highest BCUT2D eigenvalue weighted by atomic mass is 19.1. The van der Waals surface area contributed by atoms with Gasteiger partial charge in [0.15, 0.2) is 0 Å². The van der Waals surface area contributed by atoms with Crippen LogP contribution in [-0.4, -0.2) is 24.2 Å². The molecular weight excluding hydrogens is 245 g/mol. The molecular formula is C15H22FNO2. The third-order valence-electron chi connectivity index (χ3n) is 3.22. The molecule has 0 radical (unpaired) electrons. The van der Waals surface area contributed by atoms with Gasteiger partial charge in [0.05, 0.1) is 5.56 Å². The second-order valence-corrected chi connectivity index (χ2v) is 4.81. The van der Waals surface area contributed by atoms with Gasteiger partial charge in [-0.2, -0.15) is 0 Å². The lowest BCUT2D eigenvalue weighted by Gasteiger charge is -2.16. The molecule has 0 aliphatic carbocycles. The molecule has 1 atom stereocenters. The molecule has 0 spiro atoms. The second kappa shape index (κ2) is 7.89. The normalized spacial score (nSPS) is 12.2. The number of carbonyl (C=O) groups excluding carboxylic acids is 1. The first kappa shape index (κ1) is 15.6. The van der Waals surface area contributed by atoms with Crippen LogP contribution in [0.15, 0.2) is 18.2 Å². The van der Waals surface area contributed by atoms with Gasteiger partial charge < -0.3 is 10.4 Å². The fourth-order valence-electron chi connectivity index (χ4n) is 2.09. The van der Waals surface area contributed by atoms with Gasteiger partial charge >= 0.3 is 0 Å². The molecule has 1 rings (SSSR count). The van der Waals surface area contributed by atoms with Crippen molar-refractivity contribution in [1.29, 1.82) is 0 Å². The minimum absolute atomic E-state index is 0.0826. The number of aliphatic hydroxyl groups is 1. The molecule has 0 aliphatic heterocycles. The highest BCUT2D eigenvalue weighted by molar-refractivity contribution is 5.94. The van der Waals surface area contributed by atoms with Crippen molar-refractivity contribution in [2.75, 3.05) is 13.2 Å². The highest BCUT2D eigenvalue weighted by Crippen LogP contribution is 2.13. The van der Waals surface area contributed by atoms with Crippen LogP contribution < -0.4 is 5.32 Å². The Morgan fingerprint density at radius 3 is 2.79 bits per heavy atom. The number of nitrogens with one attached hydrogen (secondary N) is 1. The average Bonchev–Trinajstić information content (AvgIpc) is 2.39. The molecule has 0 saturated carbocycles. The molecule has 3 nitrogen and oxygen atoms in total. The van der Waals surface area contributed by atoms with Gasteiger partial charge in [-0.05, 0) is 37.3 Å². The monoisotopic (exact) mass is 267 g/mol. The van der Waals surface area contributed by atoms with Gasteiger partial charge in [0.2, 0.25) is 0 Å².